The Hall–Kier alpha value is -0.900. The maximum Gasteiger partial charge on any atom is 0.0695 e. The number of hydrogen-bond acceptors (Lipinski definition) is 3. The van der Waals surface area contributed by atoms with Gasteiger partial charge in [0, 0.05) is 38.8 Å². The Kier molecular flexibility index (Phi) is 4.16. The average Bonchev–Trinajstić information content (AvgIpc) is 2.87. The molecular weight excluding hydrogens is 236 g/mol. The van der Waals surface area contributed by atoms with Crippen molar-refractivity contribution >= 4 is 0 Å². The molecule has 0 unspecified atom stereocenters. The molecular formula is C16H24N2O. The van der Waals surface area contributed by atoms with Crippen molar-refractivity contribution < 1.29 is 5.11 Å². The van der Waals surface area contributed by atoms with Crippen molar-refractivity contribution in [1.29, 1.82) is 0 Å². The van der Waals surface area contributed by atoms with Gasteiger partial charge in [-0.15, -0.1) is 0 Å². The van der Waals surface area contributed by atoms with E-state index in [1.165, 1.54) is 18.4 Å². The van der Waals surface area contributed by atoms with Gasteiger partial charge in [-0.2, -0.15) is 0 Å². The molecule has 2 atom stereocenters. The summed E-state index contributed by atoms with van der Waals surface area (Å²) in [5, 5.41) is 9.99. The first-order valence-corrected chi connectivity index (χ1v) is 7.51. The molecule has 1 aliphatic carbocycles. The predicted molar refractivity (Wildman–Crippen MR) is 76.9 cm³/mol. The molecule has 0 aromatic heterocycles. The maximum atomic E-state index is 9.99. The van der Waals surface area contributed by atoms with Gasteiger partial charge in [0.15, 0.2) is 0 Å². The van der Waals surface area contributed by atoms with E-state index in [-0.39, 0.29) is 6.10 Å². The quantitative estimate of drug-likeness (QED) is 0.896. The maximum absolute atomic E-state index is 9.99. The third kappa shape index (κ3) is 3.16. The topological polar surface area (TPSA) is 26.7 Å². The van der Waals surface area contributed by atoms with E-state index in [0.29, 0.717) is 6.04 Å². The van der Waals surface area contributed by atoms with Crippen LogP contribution in [0.1, 0.15) is 24.8 Å². The molecule has 0 bridgehead atoms. The summed E-state index contributed by atoms with van der Waals surface area (Å²) in [4.78, 5) is 5.02. The first-order chi connectivity index (χ1) is 9.33. The van der Waals surface area contributed by atoms with Gasteiger partial charge in [0.05, 0.1) is 6.10 Å². The van der Waals surface area contributed by atoms with E-state index in [9.17, 15) is 5.11 Å². The summed E-state index contributed by atoms with van der Waals surface area (Å²) in [5.41, 5.74) is 1.40. The van der Waals surface area contributed by atoms with Gasteiger partial charge in [-0.25, -0.2) is 0 Å². The highest BCUT2D eigenvalue weighted by Crippen LogP contribution is 2.25. The number of aliphatic hydroxyl groups excluding tert-OH is 1. The second-order valence-corrected chi connectivity index (χ2v) is 5.86. The van der Waals surface area contributed by atoms with Crippen molar-refractivity contribution in [3.05, 3.63) is 35.9 Å². The fourth-order valence-electron chi connectivity index (χ4n) is 3.44. The highest BCUT2D eigenvalue weighted by molar-refractivity contribution is 5.14. The van der Waals surface area contributed by atoms with Crippen molar-refractivity contribution in [2.45, 2.75) is 38.0 Å². The van der Waals surface area contributed by atoms with Crippen LogP contribution in [0.15, 0.2) is 30.3 Å². The molecule has 1 heterocycles. The van der Waals surface area contributed by atoms with Gasteiger partial charge in [-0.3, -0.25) is 9.80 Å². The molecule has 1 saturated carbocycles. The SMILES string of the molecule is O[C@@H]1CCC[C@@H]1N1CCN(Cc2ccccc2)CC1. The third-order valence-corrected chi connectivity index (χ3v) is 4.57. The fraction of sp³-hybridized carbons (Fsp3) is 0.625. The molecule has 19 heavy (non-hydrogen) atoms. The minimum Gasteiger partial charge on any atom is -0.391 e. The van der Waals surface area contributed by atoms with Gasteiger partial charge in [-0.05, 0) is 24.8 Å². The lowest BCUT2D eigenvalue weighted by Gasteiger charge is -2.39. The van der Waals surface area contributed by atoms with Crippen LogP contribution >= 0.6 is 0 Å². The van der Waals surface area contributed by atoms with Gasteiger partial charge in [0.25, 0.3) is 0 Å². The van der Waals surface area contributed by atoms with Crippen molar-refractivity contribution in [2.75, 3.05) is 26.2 Å². The molecule has 1 N–H and O–H groups in total. The largest absolute Gasteiger partial charge is 0.391 e. The highest BCUT2D eigenvalue weighted by atomic mass is 16.3. The number of aliphatic hydroxyl groups is 1. The van der Waals surface area contributed by atoms with E-state index < -0.39 is 0 Å². The van der Waals surface area contributed by atoms with Gasteiger partial charge < -0.3 is 5.11 Å². The molecule has 0 amide bonds. The molecule has 1 aromatic carbocycles. The summed E-state index contributed by atoms with van der Waals surface area (Å²) in [7, 11) is 0. The van der Waals surface area contributed by atoms with E-state index in [4.69, 9.17) is 0 Å². The number of rotatable bonds is 3. The normalized spacial score (nSPS) is 29.7. The van der Waals surface area contributed by atoms with Crippen LogP contribution in [0, 0.1) is 0 Å². The highest BCUT2D eigenvalue weighted by Gasteiger charge is 2.32. The summed E-state index contributed by atoms with van der Waals surface area (Å²) >= 11 is 0. The van der Waals surface area contributed by atoms with Crippen LogP contribution in [-0.4, -0.2) is 53.2 Å². The first kappa shape index (κ1) is 13.1. The number of nitrogens with zero attached hydrogens (tertiary/aromatic N) is 2. The Bertz CT molecular complexity index is 387. The van der Waals surface area contributed by atoms with Crippen LogP contribution in [0.5, 0.6) is 0 Å². The molecule has 104 valence electrons. The van der Waals surface area contributed by atoms with Crippen LogP contribution in [0.3, 0.4) is 0 Å². The minimum absolute atomic E-state index is 0.0827. The molecule has 1 aliphatic heterocycles. The van der Waals surface area contributed by atoms with Gasteiger partial charge in [0.1, 0.15) is 0 Å². The number of hydrogen-bond donors (Lipinski definition) is 1. The summed E-state index contributed by atoms with van der Waals surface area (Å²) in [6.07, 6.45) is 3.28. The molecule has 3 heteroatoms. The van der Waals surface area contributed by atoms with E-state index in [0.717, 1.165) is 39.1 Å². The summed E-state index contributed by atoms with van der Waals surface area (Å²) < 4.78 is 0. The lowest BCUT2D eigenvalue weighted by Crippen LogP contribution is -2.51. The smallest absolute Gasteiger partial charge is 0.0695 e. The van der Waals surface area contributed by atoms with Crippen LogP contribution in [0.25, 0.3) is 0 Å². The lowest BCUT2D eigenvalue weighted by atomic mass is 10.1. The number of benzene rings is 1. The molecule has 2 fully saturated rings. The Morgan fingerprint density at radius 2 is 1.74 bits per heavy atom. The lowest BCUT2D eigenvalue weighted by molar-refractivity contribution is 0.0336. The Balaban J connectivity index is 1.49. The third-order valence-electron chi connectivity index (χ3n) is 4.57. The average molecular weight is 260 g/mol. The molecule has 2 aliphatic rings. The van der Waals surface area contributed by atoms with Crippen molar-refractivity contribution in [3.63, 3.8) is 0 Å². The first-order valence-electron chi connectivity index (χ1n) is 7.51. The molecule has 0 radical (unpaired) electrons. The van der Waals surface area contributed by atoms with Crippen LogP contribution in [-0.2, 0) is 6.54 Å². The molecule has 1 saturated heterocycles. The Morgan fingerprint density at radius 3 is 2.37 bits per heavy atom. The second-order valence-electron chi connectivity index (χ2n) is 5.86. The van der Waals surface area contributed by atoms with Crippen molar-refractivity contribution in [3.8, 4) is 0 Å². The molecule has 0 spiro atoms. The van der Waals surface area contributed by atoms with Crippen molar-refractivity contribution in [1.82, 2.24) is 9.80 Å². The van der Waals surface area contributed by atoms with Gasteiger partial charge >= 0.3 is 0 Å². The zero-order chi connectivity index (χ0) is 13.1. The molecule has 3 nitrogen and oxygen atoms in total. The predicted octanol–water partition coefficient (Wildman–Crippen LogP) is 1.72. The van der Waals surface area contributed by atoms with Gasteiger partial charge in [0.2, 0.25) is 0 Å². The van der Waals surface area contributed by atoms with Crippen LogP contribution in [0.4, 0.5) is 0 Å². The van der Waals surface area contributed by atoms with Crippen LogP contribution in [0.2, 0.25) is 0 Å². The Labute approximate surface area is 115 Å². The fourth-order valence-corrected chi connectivity index (χ4v) is 3.44. The van der Waals surface area contributed by atoms with Crippen LogP contribution < -0.4 is 0 Å². The summed E-state index contributed by atoms with van der Waals surface area (Å²) in [5.74, 6) is 0. The van der Waals surface area contributed by atoms with E-state index >= 15 is 0 Å². The number of piperazine rings is 1. The molecule has 3 rings (SSSR count). The zero-order valence-corrected chi connectivity index (χ0v) is 11.5. The van der Waals surface area contributed by atoms with Gasteiger partial charge in [-0.1, -0.05) is 30.3 Å². The monoisotopic (exact) mass is 260 g/mol. The van der Waals surface area contributed by atoms with Crippen molar-refractivity contribution in [2.24, 2.45) is 0 Å². The minimum atomic E-state index is -0.0827. The van der Waals surface area contributed by atoms with E-state index in [1.54, 1.807) is 0 Å². The van der Waals surface area contributed by atoms with E-state index in [1.807, 2.05) is 0 Å². The zero-order valence-electron chi connectivity index (χ0n) is 11.5. The second kappa shape index (κ2) is 6.04. The summed E-state index contributed by atoms with van der Waals surface area (Å²) in [6.45, 7) is 5.52. The summed E-state index contributed by atoms with van der Waals surface area (Å²) in [6, 6.07) is 11.1. The Morgan fingerprint density at radius 1 is 1.00 bits per heavy atom. The standard InChI is InChI=1S/C16H24N2O/c19-16-8-4-7-15(16)18-11-9-17(10-12-18)13-14-5-2-1-3-6-14/h1-3,5-6,15-16,19H,4,7-13H2/t15-,16+/m0/s1. The van der Waals surface area contributed by atoms with E-state index in [2.05, 4.69) is 40.1 Å². The molecule has 1 aromatic rings.